The van der Waals surface area contributed by atoms with Crippen LogP contribution in [-0.4, -0.2) is 77.0 Å². The molecular formula is C44H49Cl2N5O6. The maximum Gasteiger partial charge on any atom is 0.247 e. The van der Waals surface area contributed by atoms with E-state index >= 15 is 0 Å². The Bertz CT molecular complexity index is 2010. The van der Waals surface area contributed by atoms with Gasteiger partial charge in [-0.2, -0.15) is 0 Å². The highest BCUT2D eigenvalue weighted by Gasteiger charge is 2.45. The van der Waals surface area contributed by atoms with Crippen LogP contribution in [0.5, 0.6) is 5.75 Å². The zero-order chi connectivity index (χ0) is 40.0. The molecule has 1 aromatic heterocycles. The van der Waals surface area contributed by atoms with Crippen LogP contribution in [0, 0.1) is 0 Å². The van der Waals surface area contributed by atoms with Crippen LogP contribution in [0.15, 0.2) is 116 Å². The summed E-state index contributed by atoms with van der Waals surface area (Å²) in [5.74, 6) is -0.585. The van der Waals surface area contributed by atoms with Crippen LogP contribution < -0.4 is 15.1 Å². The van der Waals surface area contributed by atoms with Gasteiger partial charge in [-0.25, -0.2) is 10.5 Å². The summed E-state index contributed by atoms with van der Waals surface area (Å²) < 4.78 is 20.6. The molecule has 2 N–H and O–H groups in total. The van der Waals surface area contributed by atoms with Crippen molar-refractivity contribution in [2.45, 2.75) is 57.5 Å². The average Bonchev–Trinajstić information content (AvgIpc) is 3.90. The molecule has 0 radical (unpaired) electrons. The lowest BCUT2D eigenvalue weighted by Gasteiger charge is -2.35. The first kappa shape index (κ1) is 41.7. The second-order valence-electron chi connectivity index (χ2n) is 14.2. The number of carbonyl (C=O) groups is 2. The zero-order valence-corrected chi connectivity index (χ0v) is 33.6. The predicted octanol–water partition coefficient (Wildman–Crippen LogP) is 7.51. The predicted molar refractivity (Wildman–Crippen MR) is 221 cm³/mol. The standard InChI is InChI=1S/C26H28Cl2N4O4.C18H21NO2/c1-19(33)31-10-12-32(13-11-31)21-3-5-22(6-4-21)34-15-23-16-35-26(36-23,17-30-9-8-29-18-30)24-7-2-20(27)14-25(24)28;20-18(19-21)14-17-12-10-16(11-13-17)9-5-4-8-15-6-2-1-3-7-15/h2-9,14,18,23H,10-13,15-17H2,1H3;1-3,6-7,10-13,21H,4-5,8-9,14H2,(H,19,20)/t23-,26-;/m0./s1. The third-order valence-corrected chi connectivity index (χ3v) is 10.6. The lowest BCUT2D eigenvalue weighted by molar-refractivity contribution is -0.189. The molecule has 0 unspecified atom stereocenters. The number of rotatable bonds is 14. The Morgan fingerprint density at radius 3 is 2.21 bits per heavy atom. The molecule has 0 aliphatic carbocycles. The molecule has 5 aromatic rings. The zero-order valence-electron chi connectivity index (χ0n) is 32.1. The molecule has 4 aromatic carbocycles. The third-order valence-electron chi connectivity index (χ3n) is 10.0. The van der Waals surface area contributed by atoms with E-state index in [-0.39, 0.29) is 24.3 Å². The molecule has 2 amide bonds. The number of aryl methyl sites for hydroxylation is 2. The van der Waals surface area contributed by atoms with Crippen molar-refractivity contribution in [2.75, 3.05) is 44.3 Å². The second kappa shape index (κ2) is 20.5. The van der Waals surface area contributed by atoms with Crippen molar-refractivity contribution in [3.63, 3.8) is 0 Å². The maximum absolute atomic E-state index is 11.6. The average molecular weight is 815 g/mol. The molecule has 3 heterocycles. The molecule has 2 saturated heterocycles. The minimum atomic E-state index is -1.08. The fourth-order valence-corrected chi connectivity index (χ4v) is 7.50. The summed E-state index contributed by atoms with van der Waals surface area (Å²) in [4.78, 5) is 30.9. The van der Waals surface area contributed by atoms with Gasteiger partial charge in [-0.15, -0.1) is 0 Å². The highest BCUT2D eigenvalue weighted by Crippen LogP contribution is 2.40. The Labute approximate surface area is 344 Å². The van der Waals surface area contributed by atoms with Crippen molar-refractivity contribution in [3.05, 3.63) is 148 Å². The van der Waals surface area contributed by atoms with Crippen LogP contribution in [0.4, 0.5) is 5.69 Å². The van der Waals surface area contributed by atoms with Crippen molar-refractivity contribution in [1.29, 1.82) is 0 Å². The molecule has 2 atom stereocenters. The lowest BCUT2D eigenvalue weighted by atomic mass is 10.0. The Balaban J connectivity index is 0.000000223. The number of anilines is 1. The number of imidazole rings is 1. The summed E-state index contributed by atoms with van der Waals surface area (Å²) in [5.41, 5.74) is 7.06. The van der Waals surface area contributed by atoms with Crippen molar-refractivity contribution >= 4 is 40.7 Å². The molecule has 13 heteroatoms. The first-order chi connectivity index (χ1) is 27.7. The number of halogens is 2. The monoisotopic (exact) mass is 813 g/mol. The van der Waals surface area contributed by atoms with Gasteiger partial charge in [0.1, 0.15) is 18.5 Å². The minimum Gasteiger partial charge on any atom is -0.491 e. The fraction of sp³-hybridized carbons (Fsp3) is 0.341. The van der Waals surface area contributed by atoms with Crippen LogP contribution in [0.1, 0.15) is 42.0 Å². The number of amides is 2. The molecule has 2 fully saturated rings. The Hall–Kier alpha value is -4.91. The van der Waals surface area contributed by atoms with Gasteiger partial charge >= 0.3 is 0 Å². The summed E-state index contributed by atoms with van der Waals surface area (Å²) in [6, 6.07) is 31.8. The Kier molecular flexibility index (Phi) is 15.0. The van der Waals surface area contributed by atoms with Crippen LogP contribution in [-0.2, 0) is 50.7 Å². The number of piperazine rings is 1. The summed E-state index contributed by atoms with van der Waals surface area (Å²) in [6.07, 6.45) is 9.70. The largest absolute Gasteiger partial charge is 0.491 e. The normalized spacial score (nSPS) is 17.8. The van der Waals surface area contributed by atoms with Gasteiger partial charge in [0.15, 0.2) is 0 Å². The molecule has 0 saturated carbocycles. The number of hydrogen-bond acceptors (Lipinski definition) is 8. The summed E-state index contributed by atoms with van der Waals surface area (Å²) in [6.45, 7) is 5.80. The van der Waals surface area contributed by atoms with Crippen molar-refractivity contribution < 1.29 is 29.0 Å². The molecular weight excluding hydrogens is 765 g/mol. The van der Waals surface area contributed by atoms with E-state index in [1.54, 1.807) is 37.1 Å². The topological polar surface area (TPSA) is 118 Å². The summed E-state index contributed by atoms with van der Waals surface area (Å²) in [5, 5.41) is 9.51. The number of unbranched alkanes of at least 4 members (excludes halogenated alkanes) is 1. The van der Waals surface area contributed by atoms with Crippen LogP contribution >= 0.6 is 23.2 Å². The molecule has 0 spiro atoms. The van der Waals surface area contributed by atoms with Crippen molar-refractivity contribution in [1.82, 2.24) is 19.9 Å². The molecule has 300 valence electrons. The number of hydrogen-bond donors (Lipinski definition) is 2. The van der Waals surface area contributed by atoms with Crippen molar-refractivity contribution in [2.24, 2.45) is 0 Å². The van der Waals surface area contributed by atoms with E-state index < -0.39 is 5.79 Å². The Morgan fingerprint density at radius 2 is 1.58 bits per heavy atom. The van der Waals surface area contributed by atoms with Gasteiger partial charge in [0, 0.05) is 61.8 Å². The fourth-order valence-electron chi connectivity index (χ4n) is 6.95. The van der Waals surface area contributed by atoms with Gasteiger partial charge < -0.3 is 28.6 Å². The van der Waals surface area contributed by atoms with Gasteiger partial charge in [-0.1, -0.05) is 83.9 Å². The molecule has 2 aliphatic heterocycles. The van der Waals surface area contributed by atoms with Crippen LogP contribution in [0.2, 0.25) is 10.0 Å². The number of benzene rings is 4. The van der Waals surface area contributed by atoms with E-state index in [4.69, 9.17) is 42.6 Å². The van der Waals surface area contributed by atoms with E-state index in [1.165, 1.54) is 17.5 Å². The van der Waals surface area contributed by atoms with E-state index in [9.17, 15) is 9.59 Å². The smallest absolute Gasteiger partial charge is 0.247 e. The van der Waals surface area contributed by atoms with Gasteiger partial charge in [0.25, 0.3) is 0 Å². The highest BCUT2D eigenvalue weighted by molar-refractivity contribution is 6.35. The SMILES string of the molecule is CC(=O)N1CCN(c2ccc(OC[C@H]3CO[C@](Cn4ccnc4)(c4ccc(Cl)cc4Cl)O3)cc2)CC1.O=C(Cc1ccc(CCCCc2ccccc2)cc1)NO. The highest BCUT2D eigenvalue weighted by atomic mass is 35.5. The molecule has 7 rings (SSSR count). The summed E-state index contributed by atoms with van der Waals surface area (Å²) in [7, 11) is 0. The molecule has 57 heavy (non-hydrogen) atoms. The number of carbonyl (C=O) groups excluding carboxylic acids is 2. The lowest BCUT2D eigenvalue weighted by Crippen LogP contribution is -2.48. The second-order valence-corrected chi connectivity index (χ2v) is 15.0. The van der Waals surface area contributed by atoms with E-state index in [1.807, 2.05) is 64.2 Å². The van der Waals surface area contributed by atoms with Gasteiger partial charge in [-0.3, -0.25) is 14.8 Å². The van der Waals surface area contributed by atoms with Crippen molar-refractivity contribution in [3.8, 4) is 5.75 Å². The van der Waals surface area contributed by atoms with E-state index in [0.717, 1.165) is 62.4 Å². The number of nitrogens with one attached hydrogen (secondary N) is 1. The first-order valence-electron chi connectivity index (χ1n) is 19.2. The third kappa shape index (κ3) is 12.0. The number of nitrogens with zero attached hydrogens (tertiary/aromatic N) is 4. The number of ether oxygens (including phenoxy) is 3. The van der Waals surface area contributed by atoms with Crippen LogP contribution in [0.3, 0.4) is 0 Å². The molecule has 11 nitrogen and oxygen atoms in total. The quantitative estimate of drug-likeness (QED) is 0.0673. The number of aromatic nitrogens is 2. The maximum atomic E-state index is 11.6. The first-order valence-corrected chi connectivity index (χ1v) is 20.0. The summed E-state index contributed by atoms with van der Waals surface area (Å²) >= 11 is 12.7. The van der Waals surface area contributed by atoms with Gasteiger partial charge in [0.2, 0.25) is 17.6 Å². The van der Waals surface area contributed by atoms with Gasteiger partial charge in [-0.05, 0) is 78.8 Å². The minimum absolute atomic E-state index is 0.129. The molecule has 0 bridgehead atoms. The van der Waals surface area contributed by atoms with Crippen LogP contribution in [0.25, 0.3) is 0 Å². The Morgan fingerprint density at radius 1 is 0.895 bits per heavy atom. The molecule has 2 aliphatic rings. The number of hydroxylamine groups is 1. The van der Waals surface area contributed by atoms with E-state index in [2.05, 4.69) is 46.3 Å². The van der Waals surface area contributed by atoms with E-state index in [0.29, 0.717) is 35.4 Å². The van der Waals surface area contributed by atoms with Gasteiger partial charge in [0.05, 0.1) is 30.9 Å².